The Hall–Kier alpha value is -0.830. The van der Waals surface area contributed by atoms with Crippen LogP contribution in [0.25, 0.3) is 0 Å². The Morgan fingerprint density at radius 2 is 1.80 bits per heavy atom. The van der Waals surface area contributed by atoms with Gasteiger partial charge in [-0.1, -0.05) is 51.8 Å². The molecule has 0 aromatic heterocycles. The van der Waals surface area contributed by atoms with E-state index in [1.165, 1.54) is 17.5 Å². The normalized spacial score (nSPS) is 22.7. The minimum atomic E-state index is 0.510. The maximum absolute atomic E-state index is 6.00. The number of benzene rings is 2. The smallest absolute Gasteiger partial charge is 0.0406 e. The Bertz CT molecular complexity index is 582. The number of hydrogen-bond acceptors (Lipinski definition) is 1. The quantitative estimate of drug-likeness (QED) is 0.807. The summed E-state index contributed by atoms with van der Waals surface area (Å²) in [6.07, 6.45) is 1.17. The van der Waals surface area contributed by atoms with Gasteiger partial charge in [0.05, 0.1) is 0 Å². The van der Waals surface area contributed by atoms with Crippen LogP contribution >= 0.6 is 27.5 Å². The van der Waals surface area contributed by atoms with Gasteiger partial charge >= 0.3 is 0 Å². The van der Waals surface area contributed by atoms with Gasteiger partial charge in [0.15, 0.2) is 0 Å². The molecule has 0 saturated carbocycles. The number of nitrogens with one attached hydrogen (secondary N) is 1. The van der Waals surface area contributed by atoms with Crippen LogP contribution in [0.3, 0.4) is 0 Å². The first kappa shape index (κ1) is 14.1. The molecule has 1 heterocycles. The van der Waals surface area contributed by atoms with Gasteiger partial charge in [-0.2, -0.15) is 0 Å². The zero-order chi connectivity index (χ0) is 13.9. The second-order valence-electron chi connectivity index (χ2n) is 5.31. The highest BCUT2D eigenvalue weighted by atomic mass is 79.9. The largest absolute Gasteiger partial charge is 0.316 e. The Balaban J connectivity index is 1.93. The second kappa shape index (κ2) is 6.30. The van der Waals surface area contributed by atoms with Crippen LogP contribution in [0.15, 0.2) is 53.0 Å². The van der Waals surface area contributed by atoms with E-state index >= 15 is 0 Å². The monoisotopic (exact) mass is 349 g/mol. The zero-order valence-electron chi connectivity index (χ0n) is 11.2. The van der Waals surface area contributed by atoms with Crippen molar-refractivity contribution in [1.82, 2.24) is 5.32 Å². The maximum atomic E-state index is 6.00. The van der Waals surface area contributed by atoms with Crippen molar-refractivity contribution in [3.05, 3.63) is 69.2 Å². The molecule has 0 radical (unpaired) electrons. The minimum Gasteiger partial charge on any atom is -0.316 e. The molecule has 1 nitrogen and oxygen atoms in total. The first-order chi connectivity index (χ1) is 9.74. The summed E-state index contributed by atoms with van der Waals surface area (Å²) >= 11 is 9.58. The Morgan fingerprint density at radius 3 is 2.55 bits per heavy atom. The van der Waals surface area contributed by atoms with Gasteiger partial charge in [-0.15, -0.1) is 0 Å². The summed E-state index contributed by atoms with van der Waals surface area (Å²) in [7, 11) is 0. The predicted molar refractivity (Wildman–Crippen MR) is 88.6 cm³/mol. The lowest BCUT2D eigenvalue weighted by molar-refractivity contribution is 0.404. The maximum Gasteiger partial charge on any atom is 0.0406 e. The van der Waals surface area contributed by atoms with Crippen LogP contribution in [0.2, 0.25) is 5.02 Å². The van der Waals surface area contributed by atoms with Crippen molar-refractivity contribution in [2.24, 2.45) is 0 Å². The molecule has 104 valence electrons. The molecule has 0 bridgehead atoms. The van der Waals surface area contributed by atoms with Gasteiger partial charge in [-0.25, -0.2) is 0 Å². The van der Waals surface area contributed by atoms with Crippen molar-refractivity contribution in [3.63, 3.8) is 0 Å². The first-order valence-electron chi connectivity index (χ1n) is 6.95. The molecule has 20 heavy (non-hydrogen) atoms. The molecule has 1 saturated heterocycles. The molecule has 2 aromatic rings. The molecular weight excluding hydrogens is 334 g/mol. The Kier molecular flexibility index (Phi) is 4.45. The zero-order valence-corrected chi connectivity index (χ0v) is 13.5. The lowest BCUT2D eigenvalue weighted by atomic mass is 9.77. The van der Waals surface area contributed by atoms with Gasteiger partial charge in [0, 0.05) is 22.0 Å². The van der Waals surface area contributed by atoms with E-state index in [0.29, 0.717) is 11.8 Å². The third-order valence-corrected chi connectivity index (χ3v) is 4.80. The number of halogens is 2. The van der Waals surface area contributed by atoms with Crippen LogP contribution in [-0.2, 0) is 0 Å². The fourth-order valence-corrected chi connectivity index (χ4v) is 3.60. The van der Waals surface area contributed by atoms with Crippen LogP contribution in [0, 0.1) is 0 Å². The van der Waals surface area contributed by atoms with Gasteiger partial charge in [0.25, 0.3) is 0 Å². The summed E-state index contributed by atoms with van der Waals surface area (Å²) in [5.74, 6) is 1.07. The molecular formula is C17H17BrClN. The highest BCUT2D eigenvalue weighted by Gasteiger charge is 2.27. The average Bonchev–Trinajstić information content (AvgIpc) is 2.48. The molecule has 3 rings (SSSR count). The standard InChI is InChI=1S/C17H17BrClN/c18-14-3-1-2-13(10-14)16-8-9-20-11-17(16)12-4-6-15(19)7-5-12/h1-7,10,16-17,20H,8-9,11H2. The first-order valence-corrected chi connectivity index (χ1v) is 8.13. The molecule has 2 unspecified atom stereocenters. The van der Waals surface area contributed by atoms with E-state index < -0.39 is 0 Å². The topological polar surface area (TPSA) is 12.0 Å². The van der Waals surface area contributed by atoms with Crippen LogP contribution in [0.1, 0.15) is 29.4 Å². The molecule has 1 aliphatic heterocycles. The van der Waals surface area contributed by atoms with Crippen molar-refractivity contribution in [2.75, 3.05) is 13.1 Å². The summed E-state index contributed by atoms with van der Waals surface area (Å²) in [5, 5.41) is 4.32. The van der Waals surface area contributed by atoms with Gasteiger partial charge in [-0.05, 0) is 54.3 Å². The van der Waals surface area contributed by atoms with Crippen molar-refractivity contribution >= 4 is 27.5 Å². The Labute approximate surface area is 133 Å². The van der Waals surface area contributed by atoms with Gasteiger partial charge in [0.2, 0.25) is 0 Å². The summed E-state index contributed by atoms with van der Waals surface area (Å²) in [4.78, 5) is 0. The highest BCUT2D eigenvalue weighted by Crippen LogP contribution is 2.38. The van der Waals surface area contributed by atoms with E-state index in [2.05, 4.69) is 57.6 Å². The van der Waals surface area contributed by atoms with E-state index in [0.717, 1.165) is 22.6 Å². The summed E-state index contributed by atoms with van der Waals surface area (Å²) < 4.78 is 1.16. The van der Waals surface area contributed by atoms with Crippen molar-refractivity contribution < 1.29 is 0 Å². The van der Waals surface area contributed by atoms with Crippen LogP contribution < -0.4 is 5.32 Å². The molecule has 1 fully saturated rings. The average molecular weight is 351 g/mol. The van der Waals surface area contributed by atoms with Gasteiger partial charge in [0.1, 0.15) is 0 Å². The number of piperidine rings is 1. The van der Waals surface area contributed by atoms with Crippen LogP contribution in [0.5, 0.6) is 0 Å². The van der Waals surface area contributed by atoms with Crippen molar-refractivity contribution in [2.45, 2.75) is 18.3 Å². The lowest BCUT2D eigenvalue weighted by Crippen LogP contribution is -2.34. The lowest BCUT2D eigenvalue weighted by Gasteiger charge is -2.33. The summed E-state index contributed by atoms with van der Waals surface area (Å²) in [6.45, 7) is 2.11. The molecule has 0 amide bonds. The molecule has 3 heteroatoms. The third-order valence-electron chi connectivity index (χ3n) is 4.06. The van der Waals surface area contributed by atoms with Gasteiger partial charge < -0.3 is 5.32 Å². The summed E-state index contributed by atoms with van der Waals surface area (Å²) in [5.41, 5.74) is 2.78. The second-order valence-corrected chi connectivity index (χ2v) is 6.66. The molecule has 2 aromatic carbocycles. The molecule has 2 atom stereocenters. The highest BCUT2D eigenvalue weighted by molar-refractivity contribution is 9.10. The van der Waals surface area contributed by atoms with E-state index in [9.17, 15) is 0 Å². The SMILES string of the molecule is Clc1ccc(C2CNCCC2c2cccc(Br)c2)cc1. The van der Waals surface area contributed by atoms with E-state index in [-0.39, 0.29) is 0 Å². The van der Waals surface area contributed by atoms with Crippen LogP contribution in [0.4, 0.5) is 0 Å². The minimum absolute atomic E-state index is 0.510. The number of rotatable bonds is 2. The van der Waals surface area contributed by atoms with Crippen molar-refractivity contribution in [1.29, 1.82) is 0 Å². The summed E-state index contributed by atoms with van der Waals surface area (Å²) in [6, 6.07) is 17.0. The van der Waals surface area contributed by atoms with Crippen LogP contribution in [-0.4, -0.2) is 13.1 Å². The van der Waals surface area contributed by atoms with Gasteiger partial charge in [-0.3, -0.25) is 0 Å². The molecule has 0 spiro atoms. The predicted octanol–water partition coefficient (Wildman–Crippen LogP) is 4.96. The molecule has 1 aliphatic rings. The van der Waals surface area contributed by atoms with E-state index in [4.69, 9.17) is 11.6 Å². The fourth-order valence-electron chi connectivity index (χ4n) is 3.05. The number of hydrogen-bond donors (Lipinski definition) is 1. The third kappa shape index (κ3) is 3.08. The van der Waals surface area contributed by atoms with E-state index in [1.54, 1.807) is 0 Å². The molecule has 1 N–H and O–H groups in total. The fraction of sp³-hybridized carbons (Fsp3) is 0.294. The Morgan fingerprint density at radius 1 is 1.00 bits per heavy atom. The molecule has 0 aliphatic carbocycles. The van der Waals surface area contributed by atoms with E-state index in [1.807, 2.05) is 12.1 Å². The van der Waals surface area contributed by atoms with Crippen molar-refractivity contribution in [3.8, 4) is 0 Å².